The molecule has 0 aliphatic carbocycles. The fraction of sp³-hybridized carbons (Fsp3) is 0.333. The molecule has 0 aromatic heterocycles. The summed E-state index contributed by atoms with van der Waals surface area (Å²) < 4.78 is 6.19. The fourth-order valence-electron chi connectivity index (χ4n) is 1.83. The van der Waals surface area contributed by atoms with Crippen molar-refractivity contribution in [3.05, 3.63) is 28.2 Å². The van der Waals surface area contributed by atoms with E-state index < -0.39 is 0 Å². The first-order valence-corrected chi connectivity index (χ1v) is 6.80. The molecule has 1 amide bonds. The van der Waals surface area contributed by atoms with Crippen molar-refractivity contribution in [3.63, 3.8) is 0 Å². The van der Waals surface area contributed by atoms with Crippen molar-refractivity contribution in [3.8, 4) is 0 Å². The topological polar surface area (TPSA) is 64.3 Å². The molecule has 1 atom stereocenters. The second-order valence-electron chi connectivity index (χ2n) is 4.05. The van der Waals surface area contributed by atoms with Gasteiger partial charge in [-0.15, -0.1) is 0 Å². The molecular weight excluding hydrogens is 316 g/mol. The number of nitrogens with one attached hydrogen (secondary N) is 1. The van der Waals surface area contributed by atoms with Crippen LogP contribution in [0, 0.1) is 0 Å². The number of benzene rings is 1. The summed E-state index contributed by atoms with van der Waals surface area (Å²) >= 11 is 8.32. The fourth-order valence-corrected chi connectivity index (χ4v) is 2.36. The minimum Gasteiger partial charge on any atom is -0.389 e. The van der Waals surface area contributed by atoms with Crippen molar-refractivity contribution in [2.24, 2.45) is 5.73 Å². The molecule has 1 fully saturated rings. The average Bonchev–Trinajstić information content (AvgIpc) is 2.84. The van der Waals surface area contributed by atoms with Gasteiger partial charge in [0.25, 0.3) is 5.91 Å². The van der Waals surface area contributed by atoms with E-state index in [1.807, 2.05) is 6.07 Å². The Balaban J connectivity index is 2.17. The number of thiocarbonyl (C=S) groups is 1. The highest BCUT2D eigenvalue weighted by molar-refractivity contribution is 9.10. The molecular formula is C12H13BrN2O2S. The number of rotatable bonds is 3. The van der Waals surface area contributed by atoms with Crippen molar-refractivity contribution < 1.29 is 9.53 Å². The van der Waals surface area contributed by atoms with Crippen molar-refractivity contribution in [1.29, 1.82) is 0 Å². The Morgan fingerprint density at radius 1 is 1.56 bits per heavy atom. The number of hydrogen-bond donors (Lipinski definition) is 2. The first kappa shape index (κ1) is 13.5. The largest absolute Gasteiger partial charge is 0.389 e. The van der Waals surface area contributed by atoms with Gasteiger partial charge in [-0.3, -0.25) is 4.79 Å². The molecule has 1 saturated heterocycles. The van der Waals surface area contributed by atoms with Crippen LogP contribution >= 0.6 is 28.1 Å². The summed E-state index contributed by atoms with van der Waals surface area (Å²) in [5, 5.41) is 2.81. The van der Waals surface area contributed by atoms with Crippen molar-refractivity contribution in [2.45, 2.75) is 18.9 Å². The normalized spacial score (nSPS) is 18.6. The highest BCUT2D eigenvalue weighted by atomic mass is 79.9. The summed E-state index contributed by atoms with van der Waals surface area (Å²) in [5.41, 5.74) is 6.90. The average molecular weight is 329 g/mol. The maximum atomic E-state index is 11.9. The third-order valence-electron chi connectivity index (χ3n) is 2.73. The highest BCUT2D eigenvalue weighted by Gasteiger charge is 2.24. The van der Waals surface area contributed by atoms with E-state index in [0.29, 0.717) is 17.9 Å². The van der Waals surface area contributed by atoms with Gasteiger partial charge in [-0.2, -0.15) is 0 Å². The quantitative estimate of drug-likeness (QED) is 0.835. The standard InChI is InChI=1S/C12H13BrN2O2S/c13-7-3-4-9(8(6-7)11(14)18)15-12(16)10-2-1-5-17-10/h3-4,6,10H,1-2,5H2,(H2,14,18)(H,15,16). The maximum absolute atomic E-state index is 11.9. The van der Waals surface area contributed by atoms with Gasteiger partial charge in [0.05, 0.1) is 5.69 Å². The summed E-state index contributed by atoms with van der Waals surface area (Å²) in [7, 11) is 0. The lowest BCUT2D eigenvalue weighted by atomic mass is 10.1. The van der Waals surface area contributed by atoms with Crippen molar-refractivity contribution >= 4 is 44.7 Å². The highest BCUT2D eigenvalue weighted by Crippen LogP contribution is 2.22. The van der Waals surface area contributed by atoms with Crippen LogP contribution in [0.2, 0.25) is 0 Å². The summed E-state index contributed by atoms with van der Waals surface area (Å²) in [6.45, 7) is 0.639. The predicted molar refractivity (Wildman–Crippen MR) is 77.6 cm³/mol. The molecule has 1 aromatic carbocycles. The van der Waals surface area contributed by atoms with Crippen LogP contribution in [0.3, 0.4) is 0 Å². The molecule has 0 radical (unpaired) electrons. The SMILES string of the molecule is NC(=S)c1cc(Br)ccc1NC(=O)C1CCCO1. The lowest BCUT2D eigenvalue weighted by Crippen LogP contribution is -2.28. The van der Waals surface area contributed by atoms with Gasteiger partial charge in [-0.1, -0.05) is 28.1 Å². The van der Waals surface area contributed by atoms with E-state index in [9.17, 15) is 4.79 Å². The van der Waals surface area contributed by atoms with Crippen LogP contribution in [0.25, 0.3) is 0 Å². The summed E-state index contributed by atoms with van der Waals surface area (Å²) in [6.07, 6.45) is 1.30. The van der Waals surface area contributed by atoms with Crippen LogP contribution < -0.4 is 11.1 Å². The number of carbonyl (C=O) groups excluding carboxylic acids is 1. The smallest absolute Gasteiger partial charge is 0.253 e. The Bertz CT molecular complexity index is 487. The second-order valence-corrected chi connectivity index (χ2v) is 5.40. The molecule has 1 heterocycles. The first-order chi connectivity index (χ1) is 8.58. The molecule has 4 nitrogen and oxygen atoms in total. The zero-order chi connectivity index (χ0) is 13.1. The number of halogens is 1. The molecule has 1 aromatic rings. The predicted octanol–water partition coefficient (Wildman–Crippen LogP) is 2.20. The van der Waals surface area contributed by atoms with E-state index in [-0.39, 0.29) is 17.0 Å². The van der Waals surface area contributed by atoms with E-state index >= 15 is 0 Å². The molecule has 1 unspecified atom stereocenters. The van der Waals surface area contributed by atoms with Crippen LogP contribution in [0.1, 0.15) is 18.4 Å². The van der Waals surface area contributed by atoms with Crippen LogP contribution in [0.4, 0.5) is 5.69 Å². The molecule has 18 heavy (non-hydrogen) atoms. The van der Waals surface area contributed by atoms with Gasteiger partial charge in [0.2, 0.25) is 0 Å². The molecule has 1 aliphatic heterocycles. The van der Waals surface area contributed by atoms with E-state index in [0.717, 1.165) is 17.3 Å². The lowest BCUT2D eigenvalue weighted by molar-refractivity contribution is -0.124. The molecule has 96 valence electrons. The Kier molecular flexibility index (Phi) is 4.31. The monoisotopic (exact) mass is 328 g/mol. The number of amides is 1. The van der Waals surface area contributed by atoms with E-state index in [1.54, 1.807) is 12.1 Å². The van der Waals surface area contributed by atoms with Crippen LogP contribution in [-0.2, 0) is 9.53 Å². The molecule has 0 saturated carbocycles. The van der Waals surface area contributed by atoms with E-state index in [4.69, 9.17) is 22.7 Å². The first-order valence-electron chi connectivity index (χ1n) is 5.60. The zero-order valence-corrected chi connectivity index (χ0v) is 12.0. The number of anilines is 1. The molecule has 1 aliphatic rings. The van der Waals surface area contributed by atoms with Crippen molar-refractivity contribution in [1.82, 2.24) is 0 Å². The van der Waals surface area contributed by atoms with Gasteiger partial charge >= 0.3 is 0 Å². The van der Waals surface area contributed by atoms with Gasteiger partial charge < -0.3 is 15.8 Å². The van der Waals surface area contributed by atoms with Crippen molar-refractivity contribution in [2.75, 3.05) is 11.9 Å². The Morgan fingerprint density at radius 3 is 2.94 bits per heavy atom. The molecule has 2 rings (SSSR count). The third-order valence-corrected chi connectivity index (χ3v) is 3.44. The lowest BCUT2D eigenvalue weighted by Gasteiger charge is -2.13. The zero-order valence-electron chi connectivity index (χ0n) is 9.61. The summed E-state index contributed by atoms with van der Waals surface area (Å²) in [5.74, 6) is -0.146. The Morgan fingerprint density at radius 2 is 2.33 bits per heavy atom. The molecule has 0 bridgehead atoms. The number of nitrogens with two attached hydrogens (primary N) is 1. The second kappa shape index (κ2) is 5.77. The van der Waals surface area contributed by atoms with Crippen LogP contribution in [0.5, 0.6) is 0 Å². The molecule has 0 spiro atoms. The van der Waals surface area contributed by atoms with Gasteiger partial charge in [-0.25, -0.2) is 0 Å². The minimum atomic E-state index is -0.368. The number of carbonyl (C=O) groups is 1. The van der Waals surface area contributed by atoms with Crippen LogP contribution in [0.15, 0.2) is 22.7 Å². The van der Waals surface area contributed by atoms with Gasteiger partial charge in [-0.05, 0) is 31.0 Å². The molecule has 6 heteroatoms. The van der Waals surface area contributed by atoms with Gasteiger partial charge in [0.15, 0.2) is 0 Å². The van der Waals surface area contributed by atoms with Gasteiger partial charge in [0.1, 0.15) is 11.1 Å². The number of ether oxygens (including phenoxy) is 1. The third kappa shape index (κ3) is 3.07. The van der Waals surface area contributed by atoms with E-state index in [2.05, 4.69) is 21.2 Å². The summed E-state index contributed by atoms with van der Waals surface area (Å²) in [4.78, 5) is 12.2. The maximum Gasteiger partial charge on any atom is 0.253 e. The van der Waals surface area contributed by atoms with E-state index in [1.165, 1.54) is 0 Å². The number of hydrogen-bond acceptors (Lipinski definition) is 3. The van der Waals surface area contributed by atoms with Gasteiger partial charge in [0, 0.05) is 16.6 Å². The molecule has 3 N–H and O–H groups in total. The summed E-state index contributed by atoms with van der Waals surface area (Å²) in [6, 6.07) is 5.38. The van der Waals surface area contributed by atoms with Crippen LogP contribution in [-0.4, -0.2) is 23.6 Å². The minimum absolute atomic E-state index is 0.146. The Labute approximate surface area is 119 Å². The Hall–Kier alpha value is -0.980.